The molecule has 0 saturated carbocycles. The van der Waals surface area contributed by atoms with Gasteiger partial charge in [-0.1, -0.05) is 6.07 Å². The van der Waals surface area contributed by atoms with Crippen molar-refractivity contribution in [3.63, 3.8) is 0 Å². The van der Waals surface area contributed by atoms with Crippen LogP contribution < -0.4 is 20.9 Å². The Morgan fingerprint density at radius 1 is 1.13 bits per heavy atom. The summed E-state index contributed by atoms with van der Waals surface area (Å²) in [6, 6.07) is 10.2. The predicted octanol–water partition coefficient (Wildman–Crippen LogP) is 2.77. The maximum absolute atomic E-state index is 14.7. The average molecular weight is 402 g/mol. The van der Waals surface area contributed by atoms with E-state index in [-0.39, 0.29) is 11.8 Å². The lowest BCUT2D eigenvalue weighted by atomic mass is 10.2. The van der Waals surface area contributed by atoms with Crippen LogP contribution in [0, 0.1) is 5.82 Å². The first-order chi connectivity index (χ1) is 14.6. The fourth-order valence-electron chi connectivity index (χ4n) is 3.38. The van der Waals surface area contributed by atoms with Gasteiger partial charge in [0.05, 0.1) is 34.3 Å². The summed E-state index contributed by atoms with van der Waals surface area (Å²) >= 11 is 0. The number of nitrogens with one attached hydrogen (secondary N) is 2. The Balaban J connectivity index is 1.53. The highest BCUT2D eigenvalue weighted by Gasteiger charge is 2.18. The number of rotatable bonds is 5. The number of fused-ring (bicyclic) bond motifs is 2. The summed E-state index contributed by atoms with van der Waals surface area (Å²) in [6.45, 7) is 2.40. The molecule has 0 spiro atoms. The van der Waals surface area contributed by atoms with Crippen molar-refractivity contribution in [1.29, 1.82) is 0 Å². The van der Waals surface area contributed by atoms with Crippen LogP contribution in [0.4, 0.5) is 32.3 Å². The van der Waals surface area contributed by atoms with Crippen molar-refractivity contribution in [2.45, 2.75) is 6.92 Å². The number of nitrogens with zero attached hydrogens (tertiary/aromatic N) is 6. The second kappa shape index (κ2) is 6.99. The van der Waals surface area contributed by atoms with Gasteiger partial charge in [-0.25, -0.2) is 14.2 Å². The summed E-state index contributed by atoms with van der Waals surface area (Å²) in [4.78, 5) is 29.1. The second-order valence-corrected chi connectivity index (χ2v) is 6.55. The number of aromatic nitrogens is 4. The Hall–Kier alpha value is -4.21. The highest BCUT2D eigenvalue weighted by atomic mass is 19.1. The molecule has 30 heavy (non-hydrogen) atoms. The van der Waals surface area contributed by atoms with Gasteiger partial charge in [-0.05, 0) is 37.3 Å². The van der Waals surface area contributed by atoms with Gasteiger partial charge in [0.25, 0.3) is 0 Å². The van der Waals surface area contributed by atoms with Crippen LogP contribution in [0.15, 0.2) is 58.8 Å². The van der Waals surface area contributed by atoms with E-state index in [4.69, 9.17) is 0 Å². The van der Waals surface area contributed by atoms with E-state index in [0.717, 1.165) is 22.8 Å². The van der Waals surface area contributed by atoms with Gasteiger partial charge in [0, 0.05) is 17.6 Å². The first-order valence-corrected chi connectivity index (χ1v) is 9.23. The molecule has 3 heterocycles. The lowest BCUT2D eigenvalue weighted by Gasteiger charge is -2.23. The van der Waals surface area contributed by atoms with Gasteiger partial charge in [0.2, 0.25) is 5.95 Å². The van der Waals surface area contributed by atoms with E-state index < -0.39 is 11.8 Å². The zero-order chi connectivity index (χ0) is 20.7. The van der Waals surface area contributed by atoms with Crippen molar-refractivity contribution >= 4 is 40.1 Å². The molecule has 1 aliphatic heterocycles. The monoisotopic (exact) mass is 402 g/mol. The quantitative estimate of drug-likeness (QED) is 0.531. The van der Waals surface area contributed by atoms with Crippen molar-refractivity contribution in [2.75, 3.05) is 16.8 Å². The number of aromatic amines is 1. The second-order valence-electron chi connectivity index (χ2n) is 6.55. The number of hydrogen-bond donors (Lipinski definition) is 2. The number of urea groups is 1. The summed E-state index contributed by atoms with van der Waals surface area (Å²) in [7, 11) is 0. The summed E-state index contributed by atoms with van der Waals surface area (Å²) < 4.78 is 14.7. The van der Waals surface area contributed by atoms with Crippen molar-refractivity contribution in [3.8, 4) is 0 Å². The van der Waals surface area contributed by atoms with Crippen LogP contribution >= 0.6 is 0 Å². The van der Waals surface area contributed by atoms with Gasteiger partial charge >= 0.3 is 6.03 Å². The third-order valence-electron chi connectivity index (χ3n) is 4.71. The summed E-state index contributed by atoms with van der Waals surface area (Å²) in [6.07, 6.45) is 2.82. The highest BCUT2D eigenvalue weighted by Crippen LogP contribution is 2.32. The Morgan fingerprint density at radius 3 is 2.87 bits per heavy atom. The number of carbonyl (C=O) groups is 1. The molecule has 0 unspecified atom stereocenters. The molecular formula is C20H15FN8O. The zero-order valence-corrected chi connectivity index (χ0v) is 15.8. The molecular weight excluding hydrogens is 387 g/mol. The molecule has 148 valence electrons. The fraction of sp³-hybridized carbons (Fsp3) is 0.100. The smallest absolute Gasteiger partial charge is 0.324 e. The topological polar surface area (TPSA) is 112 Å². The van der Waals surface area contributed by atoms with Gasteiger partial charge in [0.1, 0.15) is 0 Å². The highest BCUT2D eigenvalue weighted by molar-refractivity contribution is 5.93. The lowest BCUT2D eigenvalue weighted by Crippen LogP contribution is -2.22. The molecule has 0 radical (unpaired) electrons. The van der Waals surface area contributed by atoms with Crippen LogP contribution in [-0.4, -0.2) is 32.7 Å². The minimum Gasteiger partial charge on any atom is -0.324 e. The molecule has 10 heteroatoms. The van der Waals surface area contributed by atoms with E-state index >= 15 is 0 Å². The number of H-pyrrole nitrogens is 1. The molecule has 2 amide bonds. The van der Waals surface area contributed by atoms with Crippen LogP contribution in [0.1, 0.15) is 6.92 Å². The third-order valence-corrected chi connectivity index (χ3v) is 4.71. The largest absolute Gasteiger partial charge is 0.368 e. The SMILES string of the molecule is CCN(c1nc(Nc2ccc3c(c2)=NC(=O)N=3)ncc1F)c1cccc2[nH]ncc12. The molecule has 0 saturated heterocycles. The van der Waals surface area contributed by atoms with Gasteiger partial charge in [-0.2, -0.15) is 20.1 Å². The lowest BCUT2D eigenvalue weighted by molar-refractivity contribution is 0.256. The van der Waals surface area contributed by atoms with Crippen LogP contribution in [0.25, 0.3) is 10.9 Å². The van der Waals surface area contributed by atoms with Gasteiger partial charge < -0.3 is 10.2 Å². The average Bonchev–Trinajstić information content (AvgIpc) is 3.36. The van der Waals surface area contributed by atoms with Crippen LogP contribution in [0.2, 0.25) is 0 Å². The van der Waals surface area contributed by atoms with Crippen molar-refractivity contribution in [3.05, 3.63) is 65.3 Å². The van der Waals surface area contributed by atoms with Crippen molar-refractivity contribution in [1.82, 2.24) is 20.2 Å². The van der Waals surface area contributed by atoms with E-state index in [1.165, 1.54) is 0 Å². The minimum atomic E-state index is -0.545. The number of halogens is 1. The van der Waals surface area contributed by atoms with E-state index in [1.54, 1.807) is 29.3 Å². The van der Waals surface area contributed by atoms with Crippen LogP contribution in [-0.2, 0) is 0 Å². The standard InChI is InChI=1S/C20H15FN8O/c1-2-29(17-5-3-4-14-12(17)9-23-28-14)18-13(21)10-22-19(27-18)24-11-6-7-15-16(8-11)26-20(30)25-15/h3-10H,2H2,1H3,(H,23,28)(H,22,24,27). The Labute approximate surface area is 169 Å². The van der Waals surface area contributed by atoms with E-state index in [1.807, 2.05) is 25.1 Å². The van der Waals surface area contributed by atoms with E-state index in [9.17, 15) is 9.18 Å². The molecule has 9 nitrogen and oxygen atoms in total. The summed E-state index contributed by atoms with van der Waals surface area (Å²) in [5.41, 5.74) is 2.24. The molecule has 2 aromatic heterocycles. The zero-order valence-electron chi connectivity index (χ0n) is 15.8. The van der Waals surface area contributed by atoms with Crippen LogP contribution in [0.5, 0.6) is 0 Å². The first kappa shape index (κ1) is 17.9. The van der Waals surface area contributed by atoms with Gasteiger partial charge in [-0.3, -0.25) is 5.10 Å². The van der Waals surface area contributed by atoms with E-state index in [2.05, 4.69) is 35.5 Å². The number of amides is 2. The maximum atomic E-state index is 14.7. The summed E-state index contributed by atoms with van der Waals surface area (Å²) in [5.74, 6) is -0.193. The third kappa shape index (κ3) is 3.04. The number of hydrogen-bond acceptors (Lipinski definition) is 6. The minimum absolute atomic E-state index is 0.139. The molecule has 5 rings (SSSR count). The Bertz CT molecular complexity index is 1410. The number of anilines is 4. The van der Waals surface area contributed by atoms with Crippen molar-refractivity contribution < 1.29 is 9.18 Å². The molecule has 0 fully saturated rings. The van der Waals surface area contributed by atoms with Gasteiger partial charge in [0.15, 0.2) is 11.6 Å². The Kier molecular flexibility index (Phi) is 4.16. The van der Waals surface area contributed by atoms with Gasteiger partial charge in [-0.15, -0.1) is 0 Å². The van der Waals surface area contributed by atoms with Crippen molar-refractivity contribution in [2.24, 2.45) is 9.98 Å². The summed E-state index contributed by atoms with van der Waals surface area (Å²) in [5, 5.41) is 11.9. The molecule has 2 aromatic carbocycles. The molecule has 0 atom stereocenters. The van der Waals surface area contributed by atoms with Crippen LogP contribution in [0.3, 0.4) is 0 Å². The normalized spacial score (nSPS) is 12.4. The molecule has 1 aliphatic rings. The Morgan fingerprint density at radius 2 is 2.00 bits per heavy atom. The maximum Gasteiger partial charge on any atom is 0.368 e. The molecule has 4 aromatic rings. The molecule has 0 bridgehead atoms. The fourth-order valence-corrected chi connectivity index (χ4v) is 3.38. The number of carbonyl (C=O) groups excluding carboxylic acids is 1. The number of benzene rings is 2. The molecule has 2 N–H and O–H groups in total. The first-order valence-electron chi connectivity index (χ1n) is 9.23. The molecule has 0 aliphatic carbocycles. The van der Waals surface area contributed by atoms with E-state index in [0.29, 0.717) is 22.9 Å². The predicted molar refractivity (Wildman–Crippen MR) is 108 cm³/mol.